The van der Waals surface area contributed by atoms with Crippen molar-refractivity contribution in [3.05, 3.63) is 70.8 Å². The maximum atomic E-state index is 13.4. The van der Waals surface area contributed by atoms with Gasteiger partial charge in [-0.2, -0.15) is 0 Å². The molecule has 6 nitrogen and oxygen atoms in total. The molecule has 5 rings (SSSR count). The van der Waals surface area contributed by atoms with Crippen LogP contribution in [0.25, 0.3) is 0 Å². The van der Waals surface area contributed by atoms with E-state index in [9.17, 15) is 14.7 Å². The van der Waals surface area contributed by atoms with Gasteiger partial charge in [0.25, 0.3) is 5.91 Å². The number of β-amino-alcohol motifs (C(OH)–C–C–N with tert-alkyl or cyclic N) is 1. The van der Waals surface area contributed by atoms with Crippen LogP contribution < -0.4 is 5.32 Å². The molecule has 162 valence electrons. The molecule has 1 aliphatic heterocycles. The number of nitrogens with one attached hydrogen (secondary N) is 1. The number of ether oxygens (including phenoxy) is 1. The van der Waals surface area contributed by atoms with Gasteiger partial charge in [0.2, 0.25) is 0 Å². The second kappa shape index (κ2) is 8.09. The van der Waals surface area contributed by atoms with Crippen molar-refractivity contribution >= 4 is 11.9 Å². The Morgan fingerprint density at radius 3 is 2.68 bits per heavy atom. The van der Waals surface area contributed by atoms with E-state index in [1.807, 2.05) is 36.4 Å². The van der Waals surface area contributed by atoms with Gasteiger partial charge in [-0.1, -0.05) is 48.5 Å². The molecule has 1 spiro atoms. The molecule has 3 aliphatic rings. The Hall–Kier alpha value is -2.70. The van der Waals surface area contributed by atoms with Crippen molar-refractivity contribution < 1.29 is 19.4 Å². The van der Waals surface area contributed by atoms with E-state index in [1.54, 1.807) is 0 Å². The van der Waals surface area contributed by atoms with Crippen molar-refractivity contribution in [2.45, 2.75) is 56.3 Å². The summed E-state index contributed by atoms with van der Waals surface area (Å²) >= 11 is 0. The van der Waals surface area contributed by atoms with E-state index in [-0.39, 0.29) is 25.2 Å². The number of rotatable bonds is 5. The van der Waals surface area contributed by atoms with Crippen LogP contribution >= 0.6 is 0 Å². The summed E-state index contributed by atoms with van der Waals surface area (Å²) in [5.74, 6) is -0.272. The predicted molar refractivity (Wildman–Crippen MR) is 115 cm³/mol. The van der Waals surface area contributed by atoms with Crippen LogP contribution in [0.1, 0.15) is 54.0 Å². The molecule has 1 fully saturated rings. The number of aryl methyl sites for hydroxylation is 2. The van der Waals surface area contributed by atoms with Gasteiger partial charge in [0, 0.05) is 0 Å². The average Bonchev–Trinajstić information content (AvgIpc) is 3.02. The number of hydrogen-bond acceptors (Lipinski definition) is 4. The Kier molecular flexibility index (Phi) is 5.28. The quantitative estimate of drug-likeness (QED) is 0.728. The number of carbonyl (C=O) groups excluding carboxylic acids is 2. The summed E-state index contributed by atoms with van der Waals surface area (Å²) in [5, 5.41) is 13.5. The first-order valence-corrected chi connectivity index (χ1v) is 11.2. The molecular formula is C25H28N2O4. The van der Waals surface area contributed by atoms with Crippen molar-refractivity contribution in [2.24, 2.45) is 0 Å². The molecule has 31 heavy (non-hydrogen) atoms. The number of amides is 3. The summed E-state index contributed by atoms with van der Waals surface area (Å²) in [6.07, 6.45) is 4.34. The van der Waals surface area contributed by atoms with Crippen LogP contribution in [-0.4, -0.2) is 41.2 Å². The van der Waals surface area contributed by atoms with Gasteiger partial charge < -0.3 is 15.2 Å². The van der Waals surface area contributed by atoms with Crippen LogP contribution in [0.15, 0.2) is 48.5 Å². The van der Waals surface area contributed by atoms with Gasteiger partial charge in [-0.05, 0) is 60.8 Å². The zero-order chi connectivity index (χ0) is 21.4. The summed E-state index contributed by atoms with van der Waals surface area (Å²) in [5.41, 5.74) is 3.44. The number of aliphatic hydroxyl groups is 1. The molecule has 0 bridgehead atoms. The molecule has 0 radical (unpaired) electrons. The third kappa shape index (κ3) is 3.54. The summed E-state index contributed by atoms with van der Waals surface area (Å²) in [7, 11) is 0. The monoisotopic (exact) mass is 420 g/mol. The number of benzene rings is 2. The predicted octanol–water partition coefficient (Wildman–Crippen LogP) is 3.23. The largest absolute Gasteiger partial charge is 0.389 e. The lowest BCUT2D eigenvalue weighted by Gasteiger charge is -2.33. The average molecular weight is 421 g/mol. The van der Waals surface area contributed by atoms with Crippen molar-refractivity contribution in [1.82, 2.24) is 10.2 Å². The highest BCUT2D eigenvalue weighted by atomic mass is 16.5. The van der Waals surface area contributed by atoms with Crippen LogP contribution in [0.5, 0.6) is 0 Å². The molecule has 1 saturated heterocycles. The SMILES string of the molecule is O=C1N[C@]2(CCCc3ccccc32)C(=O)N1C[C@H](O)CO[C@H]1CCCc2ccccc21. The Balaban J connectivity index is 1.26. The molecule has 0 aromatic heterocycles. The van der Waals surface area contributed by atoms with Crippen LogP contribution in [-0.2, 0) is 27.9 Å². The van der Waals surface area contributed by atoms with Gasteiger partial charge in [-0.3, -0.25) is 9.69 Å². The van der Waals surface area contributed by atoms with Crippen molar-refractivity contribution in [3.8, 4) is 0 Å². The number of fused-ring (bicyclic) bond motifs is 3. The first kappa shape index (κ1) is 20.2. The Morgan fingerprint density at radius 1 is 1.06 bits per heavy atom. The van der Waals surface area contributed by atoms with Crippen LogP contribution in [0.4, 0.5) is 4.79 Å². The minimum Gasteiger partial charge on any atom is -0.389 e. The van der Waals surface area contributed by atoms with Gasteiger partial charge in [0.05, 0.1) is 25.4 Å². The molecule has 3 atom stereocenters. The zero-order valence-corrected chi connectivity index (χ0v) is 17.5. The van der Waals surface area contributed by atoms with E-state index in [2.05, 4.69) is 17.4 Å². The maximum Gasteiger partial charge on any atom is 0.325 e. The van der Waals surface area contributed by atoms with Gasteiger partial charge in [0.15, 0.2) is 0 Å². The third-order valence-electron chi connectivity index (χ3n) is 6.85. The Labute approximate surface area is 182 Å². The lowest BCUT2D eigenvalue weighted by molar-refractivity contribution is -0.133. The second-order valence-electron chi connectivity index (χ2n) is 8.83. The van der Waals surface area contributed by atoms with E-state index in [1.165, 1.54) is 11.1 Å². The van der Waals surface area contributed by atoms with Gasteiger partial charge in [-0.25, -0.2) is 4.79 Å². The summed E-state index contributed by atoms with van der Waals surface area (Å²) < 4.78 is 6.03. The molecule has 3 amide bonds. The molecule has 0 unspecified atom stereocenters. The smallest absolute Gasteiger partial charge is 0.325 e. The molecule has 2 aromatic carbocycles. The van der Waals surface area contributed by atoms with Gasteiger partial charge in [-0.15, -0.1) is 0 Å². The standard InChI is InChI=1S/C25H28N2O4/c28-19(16-31-22-13-5-9-17-7-1-3-11-20(17)22)15-27-23(29)25(26-24(27)30)14-6-10-18-8-2-4-12-21(18)25/h1-4,7-8,11-12,19,22,28H,5-6,9-10,13-16H2,(H,26,30)/t19-,22-,25-/m0/s1. The van der Waals surface area contributed by atoms with Gasteiger partial charge in [0.1, 0.15) is 5.54 Å². The minimum absolute atomic E-state index is 0.0562. The second-order valence-corrected chi connectivity index (χ2v) is 8.83. The number of aliphatic hydroxyl groups excluding tert-OH is 1. The lowest BCUT2D eigenvalue weighted by atomic mass is 9.76. The highest BCUT2D eigenvalue weighted by Gasteiger charge is 2.54. The molecule has 0 saturated carbocycles. The van der Waals surface area contributed by atoms with Gasteiger partial charge >= 0.3 is 6.03 Å². The van der Waals surface area contributed by atoms with E-state index >= 15 is 0 Å². The summed E-state index contributed by atoms with van der Waals surface area (Å²) in [6, 6.07) is 15.6. The topological polar surface area (TPSA) is 78.9 Å². The summed E-state index contributed by atoms with van der Waals surface area (Å²) in [4.78, 5) is 27.2. The normalized spacial score (nSPS) is 25.8. The van der Waals surface area contributed by atoms with E-state index in [0.29, 0.717) is 6.42 Å². The van der Waals surface area contributed by atoms with Crippen LogP contribution in [0, 0.1) is 0 Å². The first-order chi connectivity index (χ1) is 15.1. The highest BCUT2D eigenvalue weighted by Crippen LogP contribution is 2.40. The first-order valence-electron chi connectivity index (χ1n) is 11.2. The van der Waals surface area contributed by atoms with Crippen molar-refractivity contribution in [2.75, 3.05) is 13.2 Å². The minimum atomic E-state index is -1.01. The number of urea groups is 1. The lowest BCUT2D eigenvalue weighted by Crippen LogP contribution is -2.47. The highest BCUT2D eigenvalue weighted by molar-refractivity contribution is 6.07. The van der Waals surface area contributed by atoms with E-state index in [4.69, 9.17) is 4.74 Å². The number of carbonyl (C=O) groups is 2. The number of hydrogen-bond donors (Lipinski definition) is 2. The Morgan fingerprint density at radius 2 is 1.81 bits per heavy atom. The molecule has 2 aliphatic carbocycles. The maximum absolute atomic E-state index is 13.4. The summed E-state index contributed by atoms with van der Waals surface area (Å²) in [6.45, 7) is 0.0165. The third-order valence-corrected chi connectivity index (χ3v) is 6.85. The molecule has 1 heterocycles. The zero-order valence-electron chi connectivity index (χ0n) is 17.5. The fraction of sp³-hybridized carbons (Fsp3) is 0.440. The van der Waals surface area contributed by atoms with Crippen LogP contribution in [0.2, 0.25) is 0 Å². The van der Waals surface area contributed by atoms with Crippen LogP contribution in [0.3, 0.4) is 0 Å². The van der Waals surface area contributed by atoms with E-state index < -0.39 is 17.7 Å². The van der Waals surface area contributed by atoms with E-state index in [0.717, 1.165) is 48.1 Å². The molecule has 6 heteroatoms. The molecular weight excluding hydrogens is 392 g/mol. The number of nitrogens with zero attached hydrogens (tertiary/aromatic N) is 1. The Bertz CT molecular complexity index is 1010. The molecule has 2 N–H and O–H groups in total. The number of imide groups is 1. The molecule has 2 aromatic rings. The van der Waals surface area contributed by atoms with Crippen molar-refractivity contribution in [1.29, 1.82) is 0 Å². The van der Waals surface area contributed by atoms with Crippen molar-refractivity contribution in [3.63, 3.8) is 0 Å². The fourth-order valence-corrected chi connectivity index (χ4v) is 5.35. The fourth-order valence-electron chi connectivity index (χ4n) is 5.35.